The first kappa shape index (κ1) is 26.3. The van der Waals surface area contributed by atoms with Crippen LogP contribution in [0.25, 0.3) is 22.3 Å². The molecule has 0 atom stereocenters. The highest BCUT2D eigenvalue weighted by atomic mass is 16.2. The molecule has 0 aliphatic carbocycles. The lowest BCUT2D eigenvalue weighted by atomic mass is 10.1. The number of benzene rings is 1. The molecule has 4 rings (SSSR count). The van der Waals surface area contributed by atoms with Crippen LogP contribution in [-0.2, 0) is 16.1 Å². The van der Waals surface area contributed by atoms with Crippen molar-refractivity contribution >= 4 is 34.4 Å². The van der Waals surface area contributed by atoms with Crippen LogP contribution in [0, 0.1) is 0 Å². The van der Waals surface area contributed by atoms with Crippen LogP contribution in [0.15, 0.2) is 43.2 Å². The number of hydrogen-bond acceptors (Lipinski definition) is 7. The molecule has 2 aromatic heterocycles. The molecule has 1 aliphatic heterocycles. The Bertz CT molecular complexity index is 1240. The van der Waals surface area contributed by atoms with Gasteiger partial charge in [-0.15, -0.1) is 0 Å². The van der Waals surface area contributed by atoms with Gasteiger partial charge in [0, 0.05) is 44.4 Å². The summed E-state index contributed by atoms with van der Waals surface area (Å²) in [6.45, 7) is 10.4. The summed E-state index contributed by atoms with van der Waals surface area (Å²) in [5.41, 5.74) is 9.32. The lowest BCUT2D eigenvalue weighted by molar-refractivity contribution is -0.125. The third kappa shape index (κ3) is 6.71. The first-order chi connectivity index (χ1) is 18.0. The molecule has 2 amide bonds. The van der Waals surface area contributed by atoms with Gasteiger partial charge in [0.1, 0.15) is 17.8 Å². The van der Waals surface area contributed by atoms with Crippen molar-refractivity contribution < 1.29 is 9.59 Å². The number of anilines is 2. The summed E-state index contributed by atoms with van der Waals surface area (Å²) >= 11 is 0. The predicted molar refractivity (Wildman–Crippen MR) is 146 cm³/mol. The van der Waals surface area contributed by atoms with Gasteiger partial charge in [-0.05, 0) is 50.6 Å². The zero-order valence-electron chi connectivity index (χ0n) is 21.5. The molecule has 10 heteroatoms. The van der Waals surface area contributed by atoms with E-state index in [1.54, 1.807) is 0 Å². The smallest absolute Gasteiger partial charge is 0.245 e. The van der Waals surface area contributed by atoms with Gasteiger partial charge in [0.05, 0.1) is 5.39 Å². The maximum atomic E-state index is 11.9. The number of hydrogen-bond donors (Lipinski definition) is 2. The third-order valence-corrected chi connectivity index (χ3v) is 6.71. The van der Waals surface area contributed by atoms with Crippen molar-refractivity contribution in [3.8, 4) is 11.3 Å². The fourth-order valence-electron chi connectivity index (χ4n) is 4.80. The number of unbranched alkanes of at least 4 members (excludes halogenated alkanes) is 3. The average molecular weight is 505 g/mol. The van der Waals surface area contributed by atoms with Gasteiger partial charge in [-0.1, -0.05) is 31.6 Å². The lowest BCUT2D eigenvalue weighted by Gasteiger charge is -2.21. The topological polar surface area (TPSA) is 122 Å². The highest BCUT2D eigenvalue weighted by molar-refractivity contribution is 5.98. The van der Waals surface area contributed by atoms with Crippen LogP contribution in [0.2, 0.25) is 0 Å². The van der Waals surface area contributed by atoms with Crippen LogP contribution in [0.3, 0.4) is 0 Å². The molecule has 3 N–H and O–H groups in total. The zero-order valence-corrected chi connectivity index (χ0v) is 21.5. The number of rotatable bonds is 10. The van der Waals surface area contributed by atoms with Crippen molar-refractivity contribution in [3.05, 3.63) is 43.2 Å². The number of nitrogen functional groups attached to an aromatic ring is 1. The van der Waals surface area contributed by atoms with E-state index in [0.29, 0.717) is 5.82 Å². The van der Waals surface area contributed by atoms with E-state index in [9.17, 15) is 9.59 Å². The second-order valence-electron chi connectivity index (χ2n) is 9.43. The van der Waals surface area contributed by atoms with E-state index in [1.807, 2.05) is 33.8 Å². The number of carbonyl (C=O) groups excluding carboxylic acids is 2. The first-order valence-electron chi connectivity index (χ1n) is 12.9. The minimum atomic E-state index is -0.113. The summed E-state index contributed by atoms with van der Waals surface area (Å²) in [4.78, 5) is 36.2. The maximum absolute atomic E-state index is 11.9. The summed E-state index contributed by atoms with van der Waals surface area (Å²) in [5.74, 6) is 0.325. The van der Waals surface area contributed by atoms with Gasteiger partial charge >= 0.3 is 0 Å². The molecule has 0 unspecified atom stereocenters. The molecule has 1 fully saturated rings. The van der Waals surface area contributed by atoms with Gasteiger partial charge < -0.3 is 20.9 Å². The Hall–Kier alpha value is -3.79. The molecule has 3 aromatic rings. The molecule has 0 bridgehead atoms. The van der Waals surface area contributed by atoms with E-state index < -0.39 is 0 Å². The van der Waals surface area contributed by atoms with Crippen molar-refractivity contribution in [1.82, 2.24) is 29.5 Å². The van der Waals surface area contributed by atoms with Crippen molar-refractivity contribution in [2.75, 3.05) is 43.8 Å². The monoisotopic (exact) mass is 504 g/mol. The highest BCUT2D eigenvalue weighted by Crippen LogP contribution is 2.31. The fraction of sp³-hybridized carbons (Fsp3) is 0.444. The van der Waals surface area contributed by atoms with Gasteiger partial charge in [0.15, 0.2) is 5.65 Å². The van der Waals surface area contributed by atoms with Crippen LogP contribution >= 0.6 is 0 Å². The van der Waals surface area contributed by atoms with E-state index in [1.165, 1.54) is 19.3 Å². The zero-order chi connectivity index (χ0) is 26.2. The van der Waals surface area contributed by atoms with E-state index in [2.05, 4.69) is 26.8 Å². The molecule has 1 saturated heterocycles. The highest BCUT2D eigenvalue weighted by Gasteiger charge is 2.18. The largest absolute Gasteiger partial charge is 0.383 e. The van der Waals surface area contributed by atoms with Crippen LogP contribution in [0.1, 0.15) is 39.0 Å². The minimum Gasteiger partial charge on any atom is -0.383 e. The standard InChI is InChI=1S/C27H36N8O2/c1-3-23(37)34-15-8-14-33(17-18-34)13-6-4-5-7-16-35-27-24(26(28)29-19-30-27)25(32-35)21-9-11-22(12-10-21)31-20(2)36/h3,9-12,19H,1,4-8,13-18H2,2H3,(H,31,36)(H2,28,29,30). The fourth-order valence-corrected chi connectivity index (χ4v) is 4.80. The van der Waals surface area contributed by atoms with Gasteiger partial charge in [-0.25, -0.2) is 14.6 Å². The Morgan fingerprint density at radius 2 is 1.78 bits per heavy atom. The summed E-state index contributed by atoms with van der Waals surface area (Å²) in [7, 11) is 0. The second-order valence-corrected chi connectivity index (χ2v) is 9.43. The maximum Gasteiger partial charge on any atom is 0.245 e. The van der Waals surface area contributed by atoms with Crippen LogP contribution in [0.5, 0.6) is 0 Å². The van der Waals surface area contributed by atoms with Crippen LogP contribution in [0.4, 0.5) is 11.5 Å². The van der Waals surface area contributed by atoms with Gasteiger partial charge in [0.2, 0.25) is 11.8 Å². The molecular formula is C27H36N8O2. The second kappa shape index (κ2) is 12.4. The summed E-state index contributed by atoms with van der Waals surface area (Å²) in [5, 5.41) is 8.37. The van der Waals surface area contributed by atoms with Crippen LogP contribution in [-0.4, -0.2) is 74.1 Å². The molecule has 1 aliphatic rings. The minimum absolute atomic E-state index is 0.0326. The van der Waals surface area contributed by atoms with Crippen molar-refractivity contribution in [1.29, 1.82) is 0 Å². The normalized spacial score (nSPS) is 14.5. The molecule has 0 spiro atoms. The number of nitrogens with zero attached hydrogens (tertiary/aromatic N) is 6. The number of fused-ring (bicyclic) bond motifs is 1. The number of aryl methyl sites for hydroxylation is 1. The Morgan fingerprint density at radius 3 is 2.51 bits per heavy atom. The molecule has 3 heterocycles. The Balaban J connectivity index is 1.31. The van der Waals surface area contributed by atoms with E-state index >= 15 is 0 Å². The number of nitrogens with two attached hydrogens (primary N) is 1. The Labute approximate surface area is 217 Å². The summed E-state index contributed by atoms with van der Waals surface area (Å²) < 4.78 is 1.92. The molecule has 10 nitrogen and oxygen atoms in total. The average Bonchev–Trinajstić information content (AvgIpc) is 3.10. The predicted octanol–water partition coefficient (Wildman–Crippen LogP) is 3.31. The van der Waals surface area contributed by atoms with E-state index in [-0.39, 0.29) is 11.8 Å². The molecular weight excluding hydrogens is 468 g/mol. The first-order valence-corrected chi connectivity index (χ1v) is 12.9. The quantitative estimate of drug-likeness (QED) is 0.321. The number of carbonyl (C=O) groups is 2. The Kier molecular flexibility index (Phi) is 8.84. The molecule has 1 aromatic carbocycles. The molecule has 0 radical (unpaired) electrons. The van der Waals surface area contributed by atoms with Gasteiger partial charge in [0.25, 0.3) is 0 Å². The van der Waals surface area contributed by atoms with E-state index in [4.69, 9.17) is 10.8 Å². The Morgan fingerprint density at radius 1 is 1.03 bits per heavy atom. The van der Waals surface area contributed by atoms with Crippen LogP contribution < -0.4 is 11.1 Å². The third-order valence-electron chi connectivity index (χ3n) is 6.71. The SMILES string of the molecule is C=CC(=O)N1CCCN(CCCCCCn2nc(-c3ccc(NC(C)=O)cc3)c3c(N)ncnc32)CC1. The van der Waals surface area contributed by atoms with Gasteiger partial charge in [-0.2, -0.15) is 5.10 Å². The van der Waals surface area contributed by atoms with Gasteiger partial charge in [-0.3, -0.25) is 9.59 Å². The summed E-state index contributed by atoms with van der Waals surface area (Å²) in [6, 6.07) is 7.53. The van der Waals surface area contributed by atoms with E-state index in [0.717, 1.165) is 99.4 Å². The van der Waals surface area contributed by atoms with Crippen molar-refractivity contribution in [3.63, 3.8) is 0 Å². The molecule has 0 saturated carbocycles. The number of nitrogens with one attached hydrogen (secondary N) is 1. The molecule has 196 valence electrons. The molecule has 37 heavy (non-hydrogen) atoms. The van der Waals surface area contributed by atoms with Crippen molar-refractivity contribution in [2.24, 2.45) is 0 Å². The van der Waals surface area contributed by atoms with Crippen molar-refractivity contribution in [2.45, 2.75) is 45.6 Å². The lowest BCUT2D eigenvalue weighted by Crippen LogP contribution is -2.34. The number of aromatic nitrogens is 4. The number of amides is 2. The summed E-state index contributed by atoms with van der Waals surface area (Å²) in [6.07, 6.45) is 8.25.